The molecule has 7 nitrogen and oxygen atoms in total. The zero-order valence-electron chi connectivity index (χ0n) is 16.8. The molecule has 160 valence electrons. The normalized spacial score (nSPS) is 14.7. The fourth-order valence-electron chi connectivity index (χ4n) is 3.05. The van der Waals surface area contributed by atoms with Crippen molar-refractivity contribution >= 4 is 40.0 Å². The number of thiazole rings is 1. The zero-order valence-corrected chi connectivity index (χ0v) is 17.7. The van der Waals surface area contributed by atoms with Crippen LogP contribution >= 0.6 is 11.3 Å². The molecule has 1 aliphatic rings. The molecule has 1 saturated heterocycles. The molecule has 2 heterocycles. The van der Waals surface area contributed by atoms with Crippen LogP contribution < -0.4 is 10.2 Å². The van der Waals surface area contributed by atoms with Gasteiger partial charge in [-0.2, -0.15) is 0 Å². The van der Waals surface area contributed by atoms with Crippen LogP contribution in [0, 0.1) is 5.82 Å². The van der Waals surface area contributed by atoms with E-state index in [9.17, 15) is 14.0 Å². The monoisotopic (exact) mass is 432 g/mol. The van der Waals surface area contributed by atoms with Crippen molar-refractivity contribution in [3.63, 3.8) is 0 Å². The Balaban J connectivity index is 1.52. The number of rotatable bonds is 8. The minimum atomic E-state index is -0.503. The van der Waals surface area contributed by atoms with Crippen LogP contribution in [0.3, 0.4) is 0 Å². The molecule has 0 bridgehead atoms. The largest absolute Gasteiger partial charge is 0.379 e. The standard InChI is InChI=1S/C21H25FN4O3S/c1-16(27)26(19-6-3-2-5-18(19)22)21-24-17(15-30-21)7-8-20(28)23-9-4-10-25-11-13-29-14-12-25/h2-3,5-8,15H,4,9-14H2,1H3,(H,23,28)/b8-7+. The summed E-state index contributed by atoms with van der Waals surface area (Å²) in [6.45, 7) is 6.28. The summed E-state index contributed by atoms with van der Waals surface area (Å²) in [6.07, 6.45) is 3.86. The van der Waals surface area contributed by atoms with E-state index in [2.05, 4.69) is 15.2 Å². The molecule has 0 spiro atoms. The number of hydrogen-bond acceptors (Lipinski definition) is 6. The summed E-state index contributed by atoms with van der Waals surface area (Å²) in [6, 6.07) is 6.04. The maximum atomic E-state index is 14.1. The summed E-state index contributed by atoms with van der Waals surface area (Å²) >= 11 is 1.21. The molecule has 2 amide bonds. The third-order valence-corrected chi connectivity index (χ3v) is 5.41. The second kappa shape index (κ2) is 11.0. The van der Waals surface area contributed by atoms with Gasteiger partial charge in [0.1, 0.15) is 5.82 Å². The highest BCUT2D eigenvalue weighted by Crippen LogP contribution is 2.30. The quantitative estimate of drug-likeness (QED) is 0.513. The summed E-state index contributed by atoms with van der Waals surface area (Å²) < 4.78 is 19.4. The third-order valence-electron chi connectivity index (χ3n) is 4.57. The minimum Gasteiger partial charge on any atom is -0.379 e. The lowest BCUT2D eigenvalue weighted by Gasteiger charge is -2.26. The first-order valence-corrected chi connectivity index (χ1v) is 10.7. The molecular weight excluding hydrogens is 407 g/mol. The Morgan fingerprint density at radius 2 is 2.10 bits per heavy atom. The van der Waals surface area contributed by atoms with E-state index >= 15 is 0 Å². The van der Waals surface area contributed by atoms with Crippen LogP contribution in [-0.2, 0) is 14.3 Å². The van der Waals surface area contributed by atoms with Crippen molar-refractivity contribution in [2.45, 2.75) is 13.3 Å². The number of halogens is 1. The number of hydrogen-bond donors (Lipinski definition) is 1. The molecule has 9 heteroatoms. The van der Waals surface area contributed by atoms with Gasteiger partial charge in [0.25, 0.3) is 0 Å². The van der Waals surface area contributed by atoms with E-state index in [1.807, 2.05) is 0 Å². The van der Waals surface area contributed by atoms with E-state index in [1.165, 1.54) is 41.4 Å². The molecule has 1 N–H and O–H groups in total. The maximum Gasteiger partial charge on any atom is 0.244 e. The lowest BCUT2D eigenvalue weighted by molar-refractivity contribution is -0.117. The molecule has 0 saturated carbocycles. The summed E-state index contributed by atoms with van der Waals surface area (Å²) in [5.74, 6) is -1.05. The smallest absolute Gasteiger partial charge is 0.244 e. The third kappa shape index (κ3) is 6.19. The van der Waals surface area contributed by atoms with Crippen molar-refractivity contribution in [1.82, 2.24) is 15.2 Å². The Morgan fingerprint density at radius 3 is 2.83 bits per heavy atom. The van der Waals surface area contributed by atoms with Crippen LogP contribution in [0.2, 0.25) is 0 Å². The lowest BCUT2D eigenvalue weighted by atomic mass is 10.3. The van der Waals surface area contributed by atoms with Gasteiger partial charge in [-0.1, -0.05) is 12.1 Å². The Morgan fingerprint density at radius 1 is 1.33 bits per heavy atom. The lowest BCUT2D eigenvalue weighted by Crippen LogP contribution is -2.38. The molecule has 3 rings (SSSR count). The highest BCUT2D eigenvalue weighted by atomic mass is 32.1. The molecular formula is C21H25FN4O3S. The fraction of sp³-hybridized carbons (Fsp3) is 0.381. The number of carbonyl (C=O) groups is 2. The summed E-state index contributed by atoms with van der Waals surface area (Å²) in [7, 11) is 0. The maximum absolute atomic E-state index is 14.1. The van der Waals surface area contributed by atoms with Crippen LogP contribution in [0.4, 0.5) is 15.2 Å². The first kappa shape index (κ1) is 22.1. The van der Waals surface area contributed by atoms with Gasteiger partial charge in [-0.05, 0) is 31.2 Å². The molecule has 1 aromatic heterocycles. The van der Waals surface area contributed by atoms with Crippen molar-refractivity contribution in [2.75, 3.05) is 44.3 Å². The zero-order chi connectivity index (χ0) is 21.3. The summed E-state index contributed by atoms with van der Waals surface area (Å²) in [5, 5.41) is 4.91. The Kier molecular flexibility index (Phi) is 8.06. The van der Waals surface area contributed by atoms with Gasteiger partial charge in [0, 0.05) is 38.0 Å². The van der Waals surface area contributed by atoms with E-state index in [0.29, 0.717) is 17.4 Å². The number of aromatic nitrogens is 1. The van der Waals surface area contributed by atoms with Gasteiger partial charge in [-0.15, -0.1) is 11.3 Å². The summed E-state index contributed by atoms with van der Waals surface area (Å²) in [4.78, 5) is 32.0. The van der Waals surface area contributed by atoms with E-state index < -0.39 is 5.82 Å². The van der Waals surface area contributed by atoms with E-state index in [-0.39, 0.29) is 17.5 Å². The first-order valence-electron chi connectivity index (χ1n) is 9.81. The number of ether oxygens (including phenoxy) is 1. The van der Waals surface area contributed by atoms with Gasteiger partial charge < -0.3 is 10.1 Å². The van der Waals surface area contributed by atoms with E-state index in [0.717, 1.165) is 39.3 Å². The van der Waals surface area contributed by atoms with Gasteiger partial charge in [-0.25, -0.2) is 9.37 Å². The van der Waals surface area contributed by atoms with Gasteiger partial charge in [0.15, 0.2) is 5.13 Å². The second-order valence-electron chi connectivity index (χ2n) is 6.79. The van der Waals surface area contributed by atoms with Crippen LogP contribution in [-0.4, -0.2) is 61.1 Å². The fourth-order valence-corrected chi connectivity index (χ4v) is 3.90. The van der Waals surface area contributed by atoms with E-state index in [1.54, 1.807) is 23.6 Å². The number of carbonyl (C=O) groups excluding carboxylic acids is 2. The Bertz CT molecular complexity index is 896. The van der Waals surface area contributed by atoms with Crippen molar-refractivity contribution in [1.29, 1.82) is 0 Å². The number of nitrogens with zero attached hydrogens (tertiary/aromatic N) is 3. The number of nitrogens with one attached hydrogen (secondary N) is 1. The van der Waals surface area contributed by atoms with Gasteiger partial charge in [0.2, 0.25) is 11.8 Å². The topological polar surface area (TPSA) is 74.8 Å². The van der Waals surface area contributed by atoms with Crippen molar-refractivity contribution in [3.05, 3.63) is 47.2 Å². The molecule has 0 unspecified atom stereocenters. The van der Waals surface area contributed by atoms with Crippen molar-refractivity contribution in [2.24, 2.45) is 0 Å². The van der Waals surface area contributed by atoms with Gasteiger partial charge in [0.05, 0.1) is 24.6 Å². The minimum absolute atomic E-state index is 0.146. The predicted molar refractivity (Wildman–Crippen MR) is 115 cm³/mol. The number of morpholine rings is 1. The molecule has 1 aliphatic heterocycles. The van der Waals surface area contributed by atoms with Gasteiger partial charge in [-0.3, -0.25) is 19.4 Å². The van der Waals surface area contributed by atoms with Crippen LogP contribution in [0.5, 0.6) is 0 Å². The average Bonchev–Trinajstić information content (AvgIpc) is 3.20. The first-order chi connectivity index (χ1) is 14.5. The number of anilines is 2. The molecule has 0 atom stereocenters. The van der Waals surface area contributed by atoms with Crippen molar-refractivity contribution < 1.29 is 18.7 Å². The second-order valence-corrected chi connectivity index (χ2v) is 7.63. The average molecular weight is 433 g/mol. The Hall–Kier alpha value is -2.62. The highest BCUT2D eigenvalue weighted by molar-refractivity contribution is 7.14. The molecule has 0 aliphatic carbocycles. The predicted octanol–water partition coefficient (Wildman–Crippen LogP) is 2.82. The molecule has 2 aromatic rings. The number of amides is 2. The number of benzene rings is 1. The Labute approximate surface area is 179 Å². The molecule has 1 fully saturated rings. The van der Waals surface area contributed by atoms with Crippen molar-refractivity contribution in [3.8, 4) is 0 Å². The van der Waals surface area contributed by atoms with Crippen LogP contribution in [0.25, 0.3) is 6.08 Å². The molecule has 1 aromatic carbocycles. The highest BCUT2D eigenvalue weighted by Gasteiger charge is 2.20. The van der Waals surface area contributed by atoms with Crippen LogP contribution in [0.15, 0.2) is 35.7 Å². The SMILES string of the molecule is CC(=O)N(c1nc(/C=C/C(=O)NCCCN2CCOCC2)cs1)c1ccccc1F. The van der Waals surface area contributed by atoms with E-state index in [4.69, 9.17) is 4.74 Å². The number of para-hydroxylation sites is 1. The van der Waals surface area contributed by atoms with Gasteiger partial charge >= 0.3 is 0 Å². The molecule has 30 heavy (non-hydrogen) atoms. The van der Waals surface area contributed by atoms with Crippen LogP contribution in [0.1, 0.15) is 19.0 Å². The molecule has 0 radical (unpaired) electrons. The summed E-state index contributed by atoms with van der Waals surface area (Å²) in [5.41, 5.74) is 0.675.